The lowest BCUT2D eigenvalue weighted by Crippen LogP contribution is -2.27. The Morgan fingerprint density at radius 3 is 2.21 bits per heavy atom. The van der Waals surface area contributed by atoms with Crippen LogP contribution in [0.15, 0.2) is 0 Å². The minimum absolute atomic E-state index is 0.469. The van der Waals surface area contributed by atoms with Crippen LogP contribution in [-0.4, -0.2) is 27.5 Å². The minimum Gasteiger partial charge on any atom is -0.302 e. The molecule has 0 fully saturated rings. The number of nitrogens with one attached hydrogen (secondary N) is 1. The summed E-state index contributed by atoms with van der Waals surface area (Å²) in [4.78, 5) is 25.3. The van der Waals surface area contributed by atoms with E-state index < -0.39 is 21.9 Å². The molecule has 0 saturated carbocycles. The summed E-state index contributed by atoms with van der Waals surface area (Å²) in [5.74, 6) is 0. The van der Waals surface area contributed by atoms with E-state index in [1.54, 1.807) is 6.92 Å². The first-order valence-electron chi connectivity index (χ1n) is 3.68. The zero-order valence-electron chi connectivity index (χ0n) is 7.65. The normalized spacial score (nSPS) is 18.9. The third-order valence-corrected chi connectivity index (χ3v) is 3.25. The van der Waals surface area contributed by atoms with E-state index in [0.717, 1.165) is 0 Å². The van der Waals surface area contributed by atoms with Crippen LogP contribution in [-0.2, 0) is 18.0 Å². The number of hydrogen-bond donors (Lipinski definition) is 4. The van der Waals surface area contributed by atoms with Crippen molar-refractivity contribution in [3.8, 4) is 0 Å². The van der Waals surface area contributed by atoms with Crippen LogP contribution in [0.25, 0.3) is 0 Å². The first-order chi connectivity index (χ1) is 6.16. The van der Waals surface area contributed by atoms with Crippen molar-refractivity contribution in [3.63, 3.8) is 0 Å². The second-order valence-corrected chi connectivity index (χ2v) is 5.13. The first kappa shape index (κ1) is 14.2. The summed E-state index contributed by atoms with van der Waals surface area (Å²) < 4.78 is 29.0. The van der Waals surface area contributed by atoms with Gasteiger partial charge in [0.05, 0.1) is 0 Å². The van der Waals surface area contributed by atoms with Gasteiger partial charge in [-0.2, -0.15) is 4.31 Å². The van der Waals surface area contributed by atoms with Crippen molar-refractivity contribution in [1.29, 1.82) is 0 Å². The SMILES string of the molecule is CCNC(C)OP(=O)(O)OP(=O)(O)O. The summed E-state index contributed by atoms with van der Waals surface area (Å²) in [7, 11) is -9.75. The van der Waals surface area contributed by atoms with E-state index in [9.17, 15) is 9.13 Å². The van der Waals surface area contributed by atoms with Crippen LogP contribution >= 0.6 is 15.6 Å². The Morgan fingerprint density at radius 1 is 1.36 bits per heavy atom. The van der Waals surface area contributed by atoms with Crippen LogP contribution < -0.4 is 5.32 Å². The highest BCUT2D eigenvalue weighted by atomic mass is 31.3. The number of phosphoric ester groups is 1. The van der Waals surface area contributed by atoms with Crippen LogP contribution in [0.5, 0.6) is 0 Å². The standard InChI is InChI=1S/C4H13NO7P2/c1-3-5-4(2)11-14(9,10)12-13(6,7)8/h4-5H,3H2,1-2H3,(H,9,10)(H2,6,7,8). The number of rotatable bonds is 6. The molecule has 8 nitrogen and oxygen atoms in total. The number of phosphoric acid groups is 2. The van der Waals surface area contributed by atoms with Crippen LogP contribution in [0.4, 0.5) is 0 Å². The van der Waals surface area contributed by atoms with Gasteiger partial charge in [0.1, 0.15) is 6.23 Å². The van der Waals surface area contributed by atoms with E-state index in [2.05, 4.69) is 14.2 Å². The Balaban J connectivity index is 4.21. The molecule has 10 heteroatoms. The lowest BCUT2D eigenvalue weighted by Gasteiger charge is -2.17. The Kier molecular flexibility index (Phi) is 5.43. The molecule has 0 heterocycles. The molecule has 0 saturated heterocycles. The fraction of sp³-hybridized carbons (Fsp3) is 1.00. The quantitative estimate of drug-likeness (QED) is 0.387. The van der Waals surface area contributed by atoms with E-state index >= 15 is 0 Å². The van der Waals surface area contributed by atoms with Crippen LogP contribution in [0.1, 0.15) is 13.8 Å². The maximum Gasteiger partial charge on any atom is 0.482 e. The van der Waals surface area contributed by atoms with Crippen molar-refractivity contribution < 1.29 is 32.6 Å². The summed E-state index contributed by atoms with van der Waals surface area (Å²) in [6, 6.07) is 0. The van der Waals surface area contributed by atoms with Crippen LogP contribution in [0, 0.1) is 0 Å². The van der Waals surface area contributed by atoms with Gasteiger partial charge in [0.15, 0.2) is 0 Å². The molecule has 86 valence electrons. The smallest absolute Gasteiger partial charge is 0.302 e. The average molecular weight is 249 g/mol. The molecule has 0 radical (unpaired) electrons. The van der Waals surface area contributed by atoms with E-state index in [1.807, 2.05) is 0 Å². The van der Waals surface area contributed by atoms with Gasteiger partial charge in [-0.05, 0) is 13.5 Å². The molecule has 14 heavy (non-hydrogen) atoms. The van der Waals surface area contributed by atoms with Crippen molar-refractivity contribution in [1.82, 2.24) is 5.32 Å². The second kappa shape index (κ2) is 5.34. The average Bonchev–Trinajstić information content (AvgIpc) is 1.78. The summed E-state index contributed by atoms with van der Waals surface area (Å²) in [5, 5.41) is 2.60. The van der Waals surface area contributed by atoms with Crippen molar-refractivity contribution in [2.75, 3.05) is 6.54 Å². The molecule has 0 bridgehead atoms. The fourth-order valence-electron chi connectivity index (χ4n) is 0.678. The van der Waals surface area contributed by atoms with Gasteiger partial charge in [-0.25, -0.2) is 9.13 Å². The van der Waals surface area contributed by atoms with Gasteiger partial charge in [-0.1, -0.05) is 6.92 Å². The molecule has 0 aromatic rings. The molecule has 0 aromatic heterocycles. The molecule has 0 amide bonds. The summed E-state index contributed by atoms with van der Waals surface area (Å²) >= 11 is 0. The lowest BCUT2D eigenvalue weighted by molar-refractivity contribution is 0.118. The summed E-state index contributed by atoms with van der Waals surface area (Å²) in [6.45, 7) is 3.60. The number of hydrogen-bond acceptors (Lipinski definition) is 5. The molecular weight excluding hydrogens is 236 g/mol. The van der Waals surface area contributed by atoms with Crippen molar-refractivity contribution in [2.24, 2.45) is 0 Å². The van der Waals surface area contributed by atoms with E-state index in [1.165, 1.54) is 6.92 Å². The van der Waals surface area contributed by atoms with Crippen molar-refractivity contribution in [3.05, 3.63) is 0 Å². The van der Waals surface area contributed by atoms with E-state index in [4.69, 9.17) is 14.7 Å². The molecule has 0 rings (SSSR count). The third kappa shape index (κ3) is 7.61. The highest BCUT2D eigenvalue weighted by Crippen LogP contribution is 2.57. The summed E-state index contributed by atoms with van der Waals surface area (Å²) in [5.41, 5.74) is 0. The molecule has 2 atom stereocenters. The third-order valence-electron chi connectivity index (χ3n) is 0.992. The zero-order chi connectivity index (χ0) is 11.4. The maximum atomic E-state index is 10.9. The summed E-state index contributed by atoms with van der Waals surface area (Å²) in [6.07, 6.45) is -0.845. The molecule has 0 aromatic carbocycles. The predicted octanol–water partition coefficient (Wildman–Crippen LogP) is 0.168. The van der Waals surface area contributed by atoms with Gasteiger partial charge >= 0.3 is 15.6 Å². The molecule has 0 aliphatic heterocycles. The van der Waals surface area contributed by atoms with Gasteiger partial charge < -0.3 is 14.7 Å². The molecule has 4 N–H and O–H groups in total. The monoisotopic (exact) mass is 249 g/mol. The molecule has 0 aliphatic rings. The first-order valence-corrected chi connectivity index (χ1v) is 6.70. The van der Waals surface area contributed by atoms with Gasteiger partial charge in [0, 0.05) is 0 Å². The Hall–Kier alpha value is 0.220. The molecule has 0 aliphatic carbocycles. The Morgan fingerprint density at radius 2 is 1.86 bits per heavy atom. The van der Waals surface area contributed by atoms with E-state index in [-0.39, 0.29) is 0 Å². The van der Waals surface area contributed by atoms with Gasteiger partial charge in [0.25, 0.3) is 0 Å². The Labute approximate surface area is 81.1 Å². The molecule has 0 spiro atoms. The highest BCUT2D eigenvalue weighted by Gasteiger charge is 2.33. The Bertz CT molecular complexity index is 262. The van der Waals surface area contributed by atoms with Crippen molar-refractivity contribution >= 4 is 15.6 Å². The van der Waals surface area contributed by atoms with Gasteiger partial charge in [0.2, 0.25) is 0 Å². The topological polar surface area (TPSA) is 125 Å². The maximum absolute atomic E-state index is 10.9. The fourth-order valence-corrected chi connectivity index (χ4v) is 2.38. The second-order valence-electron chi connectivity index (χ2n) is 2.35. The van der Waals surface area contributed by atoms with E-state index in [0.29, 0.717) is 6.54 Å². The molecular formula is C4H13NO7P2. The van der Waals surface area contributed by atoms with Gasteiger partial charge in [-0.3, -0.25) is 9.84 Å². The van der Waals surface area contributed by atoms with Crippen molar-refractivity contribution in [2.45, 2.75) is 20.1 Å². The lowest BCUT2D eigenvalue weighted by atomic mass is 10.6. The van der Waals surface area contributed by atoms with Crippen LogP contribution in [0.2, 0.25) is 0 Å². The highest BCUT2D eigenvalue weighted by molar-refractivity contribution is 7.60. The molecule has 2 unspecified atom stereocenters. The predicted molar refractivity (Wildman–Crippen MR) is 47.2 cm³/mol. The minimum atomic E-state index is -5.03. The largest absolute Gasteiger partial charge is 0.482 e. The van der Waals surface area contributed by atoms with Crippen LogP contribution in [0.3, 0.4) is 0 Å². The zero-order valence-corrected chi connectivity index (χ0v) is 9.44. The van der Waals surface area contributed by atoms with Gasteiger partial charge in [-0.15, -0.1) is 0 Å².